The zero-order chi connectivity index (χ0) is 16.3. The standard InChI is InChI=1S/C15H18N2O4S/c1-8(2)6-10(15(19)20)16-13(18)11-7-22-14(17-11)12-5-4-9(3)21-12/h4-5,7-8,10H,6H2,1-3H3,(H,16,18)(H,19,20). The van der Waals surface area contributed by atoms with Crippen LogP contribution in [0.3, 0.4) is 0 Å². The highest BCUT2D eigenvalue weighted by atomic mass is 32.1. The van der Waals surface area contributed by atoms with Gasteiger partial charge < -0.3 is 14.8 Å². The fourth-order valence-electron chi connectivity index (χ4n) is 1.97. The molecule has 1 amide bonds. The molecule has 2 rings (SSSR count). The number of nitrogens with one attached hydrogen (secondary N) is 1. The lowest BCUT2D eigenvalue weighted by Crippen LogP contribution is -2.41. The quantitative estimate of drug-likeness (QED) is 0.853. The van der Waals surface area contributed by atoms with E-state index in [2.05, 4.69) is 10.3 Å². The van der Waals surface area contributed by atoms with E-state index in [-0.39, 0.29) is 11.6 Å². The Morgan fingerprint density at radius 2 is 2.14 bits per heavy atom. The number of amides is 1. The molecule has 7 heteroatoms. The highest BCUT2D eigenvalue weighted by Crippen LogP contribution is 2.25. The number of hydrogen-bond acceptors (Lipinski definition) is 5. The van der Waals surface area contributed by atoms with Crippen LogP contribution in [0.2, 0.25) is 0 Å². The number of aromatic nitrogens is 1. The Labute approximate surface area is 132 Å². The second kappa shape index (κ2) is 6.74. The van der Waals surface area contributed by atoms with Crippen LogP contribution in [-0.4, -0.2) is 28.0 Å². The summed E-state index contributed by atoms with van der Waals surface area (Å²) in [7, 11) is 0. The highest BCUT2D eigenvalue weighted by molar-refractivity contribution is 7.13. The van der Waals surface area contributed by atoms with E-state index in [1.807, 2.05) is 26.8 Å². The van der Waals surface area contributed by atoms with Crippen LogP contribution in [0, 0.1) is 12.8 Å². The molecule has 2 N–H and O–H groups in total. The molecule has 0 bridgehead atoms. The molecule has 2 heterocycles. The van der Waals surface area contributed by atoms with Crippen molar-refractivity contribution in [1.82, 2.24) is 10.3 Å². The number of hydrogen-bond donors (Lipinski definition) is 2. The molecule has 0 aliphatic carbocycles. The topological polar surface area (TPSA) is 92.4 Å². The van der Waals surface area contributed by atoms with Crippen molar-refractivity contribution in [3.8, 4) is 10.8 Å². The zero-order valence-corrected chi connectivity index (χ0v) is 13.4. The first kappa shape index (κ1) is 16.2. The van der Waals surface area contributed by atoms with Crippen molar-refractivity contribution >= 4 is 23.2 Å². The summed E-state index contributed by atoms with van der Waals surface area (Å²) in [6, 6.07) is 2.69. The zero-order valence-electron chi connectivity index (χ0n) is 12.6. The normalized spacial score (nSPS) is 12.4. The second-order valence-corrected chi connectivity index (χ2v) is 6.30. The van der Waals surface area contributed by atoms with Crippen molar-refractivity contribution in [2.45, 2.75) is 33.2 Å². The summed E-state index contributed by atoms with van der Waals surface area (Å²) in [6.45, 7) is 5.64. The number of carboxylic acid groups (broad SMARTS) is 1. The predicted octanol–water partition coefficient (Wildman–Crippen LogP) is 2.94. The fraction of sp³-hybridized carbons (Fsp3) is 0.400. The molecule has 118 valence electrons. The first-order valence-electron chi connectivity index (χ1n) is 6.93. The van der Waals surface area contributed by atoms with Crippen molar-refractivity contribution in [2.75, 3.05) is 0 Å². The summed E-state index contributed by atoms with van der Waals surface area (Å²) in [5, 5.41) is 13.9. The lowest BCUT2D eigenvalue weighted by atomic mass is 10.0. The van der Waals surface area contributed by atoms with Crippen LogP contribution in [0.4, 0.5) is 0 Å². The summed E-state index contributed by atoms with van der Waals surface area (Å²) in [4.78, 5) is 27.5. The van der Waals surface area contributed by atoms with Gasteiger partial charge in [-0.25, -0.2) is 9.78 Å². The molecule has 0 spiro atoms. The number of carbonyl (C=O) groups is 2. The number of rotatable bonds is 6. The lowest BCUT2D eigenvalue weighted by molar-refractivity contribution is -0.139. The van der Waals surface area contributed by atoms with Crippen molar-refractivity contribution < 1.29 is 19.1 Å². The monoisotopic (exact) mass is 322 g/mol. The molecule has 0 radical (unpaired) electrons. The van der Waals surface area contributed by atoms with E-state index in [4.69, 9.17) is 9.52 Å². The maximum atomic E-state index is 12.1. The van der Waals surface area contributed by atoms with E-state index in [1.54, 1.807) is 11.4 Å². The number of aliphatic carboxylic acids is 1. The highest BCUT2D eigenvalue weighted by Gasteiger charge is 2.23. The Kier molecular flexibility index (Phi) is 4.97. The van der Waals surface area contributed by atoms with Crippen LogP contribution in [0.25, 0.3) is 10.8 Å². The molecule has 0 saturated heterocycles. The van der Waals surface area contributed by atoms with E-state index in [0.29, 0.717) is 17.2 Å². The van der Waals surface area contributed by atoms with Crippen molar-refractivity contribution in [2.24, 2.45) is 5.92 Å². The van der Waals surface area contributed by atoms with E-state index >= 15 is 0 Å². The Morgan fingerprint density at radius 1 is 1.41 bits per heavy atom. The molecule has 2 aromatic heterocycles. The number of carboxylic acids is 1. The Balaban J connectivity index is 2.09. The van der Waals surface area contributed by atoms with Crippen LogP contribution >= 0.6 is 11.3 Å². The summed E-state index contributed by atoms with van der Waals surface area (Å²) in [5.41, 5.74) is 0.198. The largest absolute Gasteiger partial charge is 0.480 e. The summed E-state index contributed by atoms with van der Waals surface area (Å²) >= 11 is 1.28. The van der Waals surface area contributed by atoms with Gasteiger partial charge in [0.25, 0.3) is 5.91 Å². The number of carbonyl (C=O) groups excluding carboxylic acids is 1. The van der Waals surface area contributed by atoms with Crippen LogP contribution in [0.1, 0.15) is 36.5 Å². The van der Waals surface area contributed by atoms with Gasteiger partial charge >= 0.3 is 5.97 Å². The molecule has 0 fully saturated rings. The molecular formula is C15H18N2O4S. The molecule has 2 aromatic rings. The minimum absolute atomic E-state index is 0.165. The predicted molar refractivity (Wildman–Crippen MR) is 82.9 cm³/mol. The van der Waals surface area contributed by atoms with Gasteiger partial charge in [0.15, 0.2) is 10.8 Å². The van der Waals surface area contributed by atoms with Gasteiger partial charge in [-0.3, -0.25) is 4.79 Å². The van der Waals surface area contributed by atoms with Gasteiger partial charge in [-0.2, -0.15) is 0 Å². The van der Waals surface area contributed by atoms with Gasteiger partial charge in [-0.05, 0) is 31.4 Å². The third-order valence-electron chi connectivity index (χ3n) is 3.00. The Hall–Kier alpha value is -2.15. The number of furan rings is 1. The van der Waals surface area contributed by atoms with Gasteiger partial charge in [0.1, 0.15) is 17.5 Å². The fourth-order valence-corrected chi connectivity index (χ4v) is 2.73. The second-order valence-electron chi connectivity index (χ2n) is 5.44. The number of thiazole rings is 1. The van der Waals surface area contributed by atoms with Gasteiger partial charge in [-0.1, -0.05) is 13.8 Å². The van der Waals surface area contributed by atoms with E-state index in [9.17, 15) is 9.59 Å². The minimum Gasteiger partial charge on any atom is -0.480 e. The third-order valence-corrected chi connectivity index (χ3v) is 3.86. The average Bonchev–Trinajstić information content (AvgIpc) is 3.05. The number of nitrogens with zero attached hydrogens (tertiary/aromatic N) is 1. The van der Waals surface area contributed by atoms with Crippen molar-refractivity contribution in [3.63, 3.8) is 0 Å². The number of aryl methyl sites for hydroxylation is 1. The van der Waals surface area contributed by atoms with E-state index in [0.717, 1.165) is 5.76 Å². The molecular weight excluding hydrogens is 304 g/mol. The molecule has 1 atom stereocenters. The summed E-state index contributed by atoms with van der Waals surface area (Å²) in [6.07, 6.45) is 0.370. The van der Waals surface area contributed by atoms with Gasteiger partial charge in [-0.15, -0.1) is 11.3 Å². The van der Waals surface area contributed by atoms with E-state index in [1.165, 1.54) is 11.3 Å². The molecule has 0 saturated carbocycles. The maximum absolute atomic E-state index is 12.1. The molecule has 22 heavy (non-hydrogen) atoms. The lowest BCUT2D eigenvalue weighted by Gasteiger charge is -2.15. The molecule has 0 aromatic carbocycles. The van der Waals surface area contributed by atoms with Crippen LogP contribution in [-0.2, 0) is 4.79 Å². The SMILES string of the molecule is Cc1ccc(-c2nc(C(=O)NC(CC(C)C)C(=O)O)cs2)o1. The first-order valence-corrected chi connectivity index (χ1v) is 7.80. The van der Waals surface area contributed by atoms with Gasteiger partial charge in [0, 0.05) is 5.38 Å². The third kappa shape index (κ3) is 3.94. The molecule has 0 aliphatic rings. The van der Waals surface area contributed by atoms with Gasteiger partial charge in [0.05, 0.1) is 0 Å². The molecule has 1 unspecified atom stereocenters. The average molecular weight is 322 g/mol. The molecule has 6 nitrogen and oxygen atoms in total. The molecule has 0 aliphatic heterocycles. The Bertz CT molecular complexity index is 675. The van der Waals surface area contributed by atoms with Crippen LogP contribution in [0.15, 0.2) is 21.9 Å². The minimum atomic E-state index is -1.04. The van der Waals surface area contributed by atoms with Crippen molar-refractivity contribution in [3.05, 3.63) is 29.0 Å². The van der Waals surface area contributed by atoms with Crippen LogP contribution < -0.4 is 5.32 Å². The first-order chi connectivity index (χ1) is 10.4. The van der Waals surface area contributed by atoms with Crippen LogP contribution in [0.5, 0.6) is 0 Å². The smallest absolute Gasteiger partial charge is 0.326 e. The van der Waals surface area contributed by atoms with Gasteiger partial charge in [0.2, 0.25) is 0 Å². The van der Waals surface area contributed by atoms with Crippen molar-refractivity contribution in [1.29, 1.82) is 0 Å². The maximum Gasteiger partial charge on any atom is 0.326 e. The Morgan fingerprint density at radius 3 is 2.68 bits per heavy atom. The summed E-state index contributed by atoms with van der Waals surface area (Å²) in [5.74, 6) is -0.00549. The summed E-state index contributed by atoms with van der Waals surface area (Å²) < 4.78 is 5.46. The van der Waals surface area contributed by atoms with E-state index < -0.39 is 17.9 Å².